The molecule has 0 aliphatic heterocycles. The van der Waals surface area contributed by atoms with Crippen molar-refractivity contribution in [3.05, 3.63) is 24.1 Å². The molecule has 0 bridgehead atoms. The number of anilines is 1. The highest BCUT2D eigenvalue weighted by Gasteiger charge is 2.16. The Kier molecular flexibility index (Phi) is 4.25. The Morgan fingerprint density at radius 1 is 1.30 bits per heavy atom. The molecule has 0 aromatic carbocycles. The van der Waals surface area contributed by atoms with E-state index in [0.29, 0.717) is 18.3 Å². The molecule has 0 saturated carbocycles. The Labute approximate surface area is 115 Å². The maximum Gasteiger partial charge on any atom is 0.244 e. The first-order valence-electron chi connectivity index (χ1n) is 5.86. The van der Waals surface area contributed by atoms with E-state index in [0.717, 1.165) is 0 Å². The van der Waals surface area contributed by atoms with Gasteiger partial charge in [0, 0.05) is 6.54 Å². The average molecular weight is 298 g/mol. The highest BCUT2D eigenvalue weighted by atomic mass is 32.2. The lowest BCUT2D eigenvalue weighted by molar-refractivity contribution is 0.372. The number of sulfonamides is 1. The molecular formula is C10H14N6O3S. The summed E-state index contributed by atoms with van der Waals surface area (Å²) in [4.78, 5) is 11.7. The van der Waals surface area contributed by atoms with E-state index in [2.05, 4.69) is 30.1 Å². The van der Waals surface area contributed by atoms with Crippen molar-refractivity contribution in [1.29, 1.82) is 0 Å². The largest absolute Gasteiger partial charge is 0.355 e. The maximum atomic E-state index is 12.0. The maximum absolute atomic E-state index is 12.0. The van der Waals surface area contributed by atoms with Crippen LogP contribution < -0.4 is 10.0 Å². The predicted octanol–water partition coefficient (Wildman–Crippen LogP) is 0.0783. The van der Waals surface area contributed by atoms with Crippen LogP contribution >= 0.6 is 0 Å². The van der Waals surface area contributed by atoms with Crippen LogP contribution in [0.4, 0.5) is 5.95 Å². The molecule has 2 rings (SSSR count). The molecule has 9 nitrogen and oxygen atoms in total. The minimum absolute atomic E-state index is 0.0320. The number of hydrogen-bond donors (Lipinski definition) is 2. The van der Waals surface area contributed by atoms with Crippen LogP contribution in [0.25, 0.3) is 0 Å². The topological polar surface area (TPSA) is 123 Å². The number of hydrogen-bond acceptors (Lipinski definition) is 8. The van der Waals surface area contributed by atoms with Crippen molar-refractivity contribution in [2.45, 2.75) is 25.3 Å². The van der Waals surface area contributed by atoms with Gasteiger partial charge < -0.3 is 9.84 Å². The molecule has 10 heteroatoms. The van der Waals surface area contributed by atoms with Crippen LogP contribution in [0.5, 0.6) is 0 Å². The number of nitrogens with one attached hydrogen (secondary N) is 2. The zero-order chi connectivity index (χ0) is 14.6. The SMILES string of the molecule is CCNc1ncc(S(=O)(=O)NCc2nc(C)no2)cn1. The second kappa shape index (κ2) is 5.92. The number of aryl methyl sites for hydroxylation is 1. The monoisotopic (exact) mass is 298 g/mol. The normalized spacial score (nSPS) is 11.5. The van der Waals surface area contributed by atoms with Crippen molar-refractivity contribution >= 4 is 16.0 Å². The van der Waals surface area contributed by atoms with Gasteiger partial charge >= 0.3 is 0 Å². The molecule has 108 valence electrons. The predicted molar refractivity (Wildman–Crippen MR) is 69.3 cm³/mol. The summed E-state index contributed by atoms with van der Waals surface area (Å²) < 4.78 is 31.1. The van der Waals surface area contributed by atoms with Gasteiger partial charge in [-0.25, -0.2) is 23.1 Å². The van der Waals surface area contributed by atoms with Gasteiger partial charge in [0.2, 0.25) is 21.9 Å². The van der Waals surface area contributed by atoms with E-state index in [4.69, 9.17) is 4.52 Å². The molecule has 2 heterocycles. The van der Waals surface area contributed by atoms with Gasteiger partial charge in [-0.05, 0) is 13.8 Å². The number of aromatic nitrogens is 4. The Morgan fingerprint density at radius 3 is 2.55 bits per heavy atom. The molecule has 2 aromatic heterocycles. The third-order valence-electron chi connectivity index (χ3n) is 2.26. The van der Waals surface area contributed by atoms with Gasteiger partial charge in [-0.2, -0.15) is 4.98 Å². The van der Waals surface area contributed by atoms with Gasteiger partial charge in [-0.3, -0.25) is 0 Å². The van der Waals surface area contributed by atoms with Crippen molar-refractivity contribution in [1.82, 2.24) is 24.8 Å². The molecule has 2 aromatic rings. The van der Waals surface area contributed by atoms with Crippen molar-refractivity contribution in [2.75, 3.05) is 11.9 Å². The molecule has 2 N–H and O–H groups in total. The van der Waals surface area contributed by atoms with Crippen LogP contribution in [-0.2, 0) is 16.6 Å². The molecule has 0 unspecified atom stereocenters. The van der Waals surface area contributed by atoms with Crippen molar-refractivity contribution < 1.29 is 12.9 Å². The molecule has 0 aliphatic carbocycles. The minimum Gasteiger partial charge on any atom is -0.355 e. The van der Waals surface area contributed by atoms with Crippen molar-refractivity contribution in [2.24, 2.45) is 0 Å². The van der Waals surface area contributed by atoms with Crippen LogP contribution in [0, 0.1) is 6.92 Å². The quantitative estimate of drug-likeness (QED) is 0.768. The average Bonchev–Trinajstić information content (AvgIpc) is 2.84. The zero-order valence-electron chi connectivity index (χ0n) is 11.0. The van der Waals surface area contributed by atoms with E-state index in [9.17, 15) is 8.42 Å². The van der Waals surface area contributed by atoms with Gasteiger partial charge in [-0.15, -0.1) is 0 Å². The van der Waals surface area contributed by atoms with E-state index in [1.807, 2.05) is 6.92 Å². The molecule has 0 fully saturated rings. The lowest BCUT2D eigenvalue weighted by Crippen LogP contribution is -2.23. The van der Waals surface area contributed by atoms with Crippen LogP contribution in [0.1, 0.15) is 18.6 Å². The van der Waals surface area contributed by atoms with E-state index in [-0.39, 0.29) is 17.3 Å². The number of nitrogens with zero attached hydrogens (tertiary/aromatic N) is 4. The van der Waals surface area contributed by atoms with E-state index < -0.39 is 10.0 Å². The van der Waals surface area contributed by atoms with Crippen LogP contribution in [0.2, 0.25) is 0 Å². The molecule has 0 radical (unpaired) electrons. The summed E-state index contributed by atoms with van der Waals surface area (Å²) in [7, 11) is -3.71. The Balaban J connectivity index is 2.05. The Bertz CT molecular complexity index is 667. The lowest BCUT2D eigenvalue weighted by atomic mass is 10.6. The third-order valence-corrected chi connectivity index (χ3v) is 3.61. The second-order valence-electron chi connectivity index (χ2n) is 3.83. The summed E-state index contributed by atoms with van der Waals surface area (Å²) in [6.45, 7) is 4.11. The molecule has 0 aliphatic rings. The van der Waals surface area contributed by atoms with Crippen molar-refractivity contribution in [3.63, 3.8) is 0 Å². The van der Waals surface area contributed by atoms with E-state index >= 15 is 0 Å². The molecule has 0 atom stereocenters. The van der Waals surface area contributed by atoms with Gasteiger partial charge in [-0.1, -0.05) is 5.16 Å². The summed E-state index contributed by atoms with van der Waals surface area (Å²) in [6.07, 6.45) is 2.46. The highest BCUT2D eigenvalue weighted by Crippen LogP contribution is 2.08. The van der Waals surface area contributed by atoms with Gasteiger partial charge in [0.15, 0.2) is 5.82 Å². The molecule has 20 heavy (non-hydrogen) atoms. The summed E-state index contributed by atoms with van der Waals surface area (Å²) in [5.41, 5.74) is 0. The van der Waals surface area contributed by atoms with Crippen LogP contribution in [0.15, 0.2) is 21.8 Å². The van der Waals surface area contributed by atoms with E-state index in [1.165, 1.54) is 12.4 Å². The first kappa shape index (κ1) is 14.3. The fourth-order valence-corrected chi connectivity index (χ4v) is 2.22. The smallest absolute Gasteiger partial charge is 0.244 e. The minimum atomic E-state index is -3.71. The number of rotatable bonds is 6. The summed E-state index contributed by atoms with van der Waals surface area (Å²) in [5.74, 6) is 1.01. The molecule has 0 saturated heterocycles. The summed E-state index contributed by atoms with van der Waals surface area (Å²) in [5, 5.41) is 6.44. The molecule has 0 spiro atoms. The first-order valence-corrected chi connectivity index (χ1v) is 7.34. The van der Waals surface area contributed by atoms with Crippen molar-refractivity contribution in [3.8, 4) is 0 Å². The Morgan fingerprint density at radius 2 is 2.00 bits per heavy atom. The first-order chi connectivity index (χ1) is 9.51. The fourth-order valence-electron chi connectivity index (χ4n) is 1.36. The fraction of sp³-hybridized carbons (Fsp3) is 0.400. The standard InChI is InChI=1S/C10H14N6O3S/c1-3-11-10-12-4-8(5-13-10)20(17,18)14-6-9-15-7(2)16-19-9/h4-5,14H,3,6H2,1-2H3,(H,11,12,13). The summed E-state index contributed by atoms with van der Waals surface area (Å²) in [6, 6.07) is 0. The molecule has 0 amide bonds. The van der Waals surface area contributed by atoms with Crippen LogP contribution in [-0.4, -0.2) is 35.1 Å². The highest BCUT2D eigenvalue weighted by molar-refractivity contribution is 7.89. The van der Waals surface area contributed by atoms with Gasteiger partial charge in [0.25, 0.3) is 0 Å². The lowest BCUT2D eigenvalue weighted by Gasteiger charge is -2.05. The van der Waals surface area contributed by atoms with E-state index in [1.54, 1.807) is 6.92 Å². The second-order valence-corrected chi connectivity index (χ2v) is 5.60. The molecular weight excluding hydrogens is 284 g/mol. The third kappa shape index (κ3) is 3.48. The zero-order valence-corrected chi connectivity index (χ0v) is 11.8. The van der Waals surface area contributed by atoms with Gasteiger partial charge in [0.05, 0.1) is 18.9 Å². The van der Waals surface area contributed by atoms with Crippen LogP contribution in [0.3, 0.4) is 0 Å². The van der Waals surface area contributed by atoms with Gasteiger partial charge in [0.1, 0.15) is 4.90 Å². The summed E-state index contributed by atoms with van der Waals surface area (Å²) >= 11 is 0. The Hall–Kier alpha value is -2.07.